The van der Waals surface area contributed by atoms with E-state index in [9.17, 15) is 10.2 Å². The smallest absolute Gasteiger partial charge is 0.0577 e. The maximum absolute atomic E-state index is 10.1. The van der Waals surface area contributed by atoms with Gasteiger partial charge in [0.2, 0.25) is 0 Å². The summed E-state index contributed by atoms with van der Waals surface area (Å²) < 4.78 is 5.09. The van der Waals surface area contributed by atoms with Crippen LogP contribution in [0, 0.1) is 35.0 Å². The van der Waals surface area contributed by atoms with Gasteiger partial charge in [-0.25, -0.2) is 0 Å². The lowest BCUT2D eigenvalue weighted by Crippen LogP contribution is -2.46. The van der Waals surface area contributed by atoms with Gasteiger partial charge in [0.25, 0.3) is 0 Å². The van der Waals surface area contributed by atoms with E-state index in [4.69, 9.17) is 4.74 Å². The molecular formula is C25H42O3. The molecule has 3 heteroatoms. The number of hydrogen-bond donors (Lipinski definition) is 2. The van der Waals surface area contributed by atoms with Crippen molar-refractivity contribution >= 4 is 0 Å². The third-order valence-corrected chi connectivity index (χ3v) is 9.36. The highest BCUT2D eigenvalue weighted by molar-refractivity contribution is 5.20. The molecule has 3 saturated carbocycles. The number of methoxy groups -OCH3 is 1. The molecule has 4 rings (SSSR count). The molecule has 0 aromatic rings. The second kappa shape index (κ2) is 8.78. The summed E-state index contributed by atoms with van der Waals surface area (Å²) in [5, 5.41) is 20.2. The van der Waals surface area contributed by atoms with E-state index in [1.165, 1.54) is 44.9 Å². The van der Waals surface area contributed by atoms with Gasteiger partial charge < -0.3 is 14.9 Å². The molecule has 0 aromatic carbocycles. The van der Waals surface area contributed by atoms with E-state index in [1.54, 1.807) is 12.7 Å². The highest BCUT2D eigenvalue weighted by Crippen LogP contribution is 2.64. The van der Waals surface area contributed by atoms with Gasteiger partial charge in [-0.2, -0.15) is 0 Å². The van der Waals surface area contributed by atoms with Crippen LogP contribution >= 0.6 is 0 Å². The first-order valence-corrected chi connectivity index (χ1v) is 12.1. The van der Waals surface area contributed by atoms with Gasteiger partial charge >= 0.3 is 0 Å². The van der Waals surface area contributed by atoms with Crippen molar-refractivity contribution in [3.05, 3.63) is 11.6 Å². The van der Waals surface area contributed by atoms with E-state index >= 15 is 0 Å². The average Bonchev–Trinajstić information content (AvgIpc) is 3.02. The minimum atomic E-state index is -0.191. The molecule has 4 aliphatic carbocycles. The third-order valence-electron chi connectivity index (χ3n) is 9.36. The maximum Gasteiger partial charge on any atom is 0.0577 e. The van der Waals surface area contributed by atoms with Gasteiger partial charge in [0.15, 0.2) is 0 Å². The largest absolute Gasteiger partial charge is 0.393 e. The van der Waals surface area contributed by atoms with Crippen LogP contribution in [0.5, 0.6) is 0 Å². The summed E-state index contributed by atoms with van der Waals surface area (Å²) in [6.07, 6.45) is 16.5. The van der Waals surface area contributed by atoms with Crippen LogP contribution in [-0.4, -0.2) is 36.1 Å². The van der Waals surface area contributed by atoms with Crippen LogP contribution < -0.4 is 0 Å². The molecule has 3 fully saturated rings. The molecule has 4 aliphatic rings. The Morgan fingerprint density at radius 1 is 1.14 bits per heavy atom. The standard InChI is InChI=1S/C25H42O3/c1-25-14-12-22-21-10-8-20(27)16-17(21)6-9-23(22)24(25)11-7-18(25)4-3-5-19(26)13-15-28-2/h6,18-24,26-27H,3-5,7-16H2,1-2H3/t18-,19?,20?,21?,22?,23?,24?,25?/m0/s1. The lowest BCUT2D eigenvalue weighted by Gasteiger charge is -2.54. The fourth-order valence-electron chi connectivity index (χ4n) is 7.83. The Morgan fingerprint density at radius 2 is 2.00 bits per heavy atom. The first kappa shape index (κ1) is 20.9. The van der Waals surface area contributed by atoms with E-state index in [2.05, 4.69) is 13.0 Å². The fraction of sp³-hybridized carbons (Fsp3) is 0.920. The highest BCUT2D eigenvalue weighted by atomic mass is 16.5. The normalized spacial score (nSPS) is 43.6. The minimum Gasteiger partial charge on any atom is -0.393 e. The van der Waals surface area contributed by atoms with Crippen molar-refractivity contribution in [1.82, 2.24) is 0 Å². The molecule has 7 unspecified atom stereocenters. The van der Waals surface area contributed by atoms with Gasteiger partial charge in [-0.1, -0.05) is 25.0 Å². The number of aliphatic hydroxyl groups excluding tert-OH is 2. The molecule has 0 amide bonds. The van der Waals surface area contributed by atoms with Gasteiger partial charge in [0.1, 0.15) is 0 Å². The van der Waals surface area contributed by atoms with Crippen LogP contribution in [0.1, 0.15) is 84.0 Å². The number of aliphatic hydroxyl groups is 2. The van der Waals surface area contributed by atoms with Crippen LogP contribution in [-0.2, 0) is 4.74 Å². The Labute approximate surface area is 171 Å². The monoisotopic (exact) mass is 390 g/mol. The Kier molecular flexibility index (Phi) is 6.54. The second-order valence-corrected chi connectivity index (χ2v) is 10.7. The molecule has 0 aromatic heterocycles. The summed E-state index contributed by atoms with van der Waals surface area (Å²) >= 11 is 0. The fourth-order valence-corrected chi connectivity index (χ4v) is 7.83. The minimum absolute atomic E-state index is 0.0805. The maximum atomic E-state index is 10.1. The number of hydrogen-bond acceptors (Lipinski definition) is 3. The van der Waals surface area contributed by atoms with Crippen LogP contribution in [0.15, 0.2) is 11.6 Å². The first-order valence-electron chi connectivity index (χ1n) is 12.1. The molecule has 0 spiro atoms. The van der Waals surface area contributed by atoms with Gasteiger partial charge in [0.05, 0.1) is 12.2 Å². The number of ether oxygens (including phenoxy) is 1. The quantitative estimate of drug-likeness (QED) is 0.594. The third kappa shape index (κ3) is 3.96. The molecule has 160 valence electrons. The summed E-state index contributed by atoms with van der Waals surface area (Å²) in [7, 11) is 1.71. The summed E-state index contributed by atoms with van der Waals surface area (Å²) in [6.45, 7) is 3.28. The number of rotatable bonds is 7. The molecule has 0 heterocycles. The molecule has 28 heavy (non-hydrogen) atoms. The van der Waals surface area contributed by atoms with E-state index in [0.29, 0.717) is 12.0 Å². The summed E-state index contributed by atoms with van der Waals surface area (Å²) in [5.41, 5.74) is 2.13. The van der Waals surface area contributed by atoms with Crippen LogP contribution in [0.25, 0.3) is 0 Å². The number of fused-ring (bicyclic) bond motifs is 5. The zero-order valence-electron chi connectivity index (χ0n) is 18.1. The predicted molar refractivity (Wildman–Crippen MR) is 113 cm³/mol. The van der Waals surface area contributed by atoms with Gasteiger partial charge in [-0.05, 0) is 106 Å². The molecule has 0 radical (unpaired) electrons. The van der Waals surface area contributed by atoms with Gasteiger partial charge in [0, 0.05) is 13.7 Å². The van der Waals surface area contributed by atoms with Crippen LogP contribution in [0.2, 0.25) is 0 Å². The molecule has 2 N–H and O–H groups in total. The van der Waals surface area contributed by atoms with Crippen molar-refractivity contribution in [3.63, 3.8) is 0 Å². The molecule has 0 saturated heterocycles. The zero-order valence-corrected chi connectivity index (χ0v) is 18.1. The van der Waals surface area contributed by atoms with Crippen LogP contribution in [0.3, 0.4) is 0 Å². The summed E-state index contributed by atoms with van der Waals surface area (Å²) in [4.78, 5) is 0. The Balaban J connectivity index is 1.36. The lowest BCUT2D eigenvalue weighted by atomic mass is 9.51. The second-order valence-electron chi connectivity index (χ2n) is 10.7. The zero-order chi connectivity index (χ0) is 19.7. The molecule has 8 atom stereocenters. The molecule has 0 aliphatic heterocycles. The van der Waals surface area contributed by atoms with Gasteiger partial charge in [-0.15, -0.1) is 0 Å². The van der Waals surface area contributed by atoms with E-state index in [-0.39, 0.29) is 12.2 Å². The Bertz CT molecular complexity index is 558. The van der Waals surface area contributed by atoms with Crippen molar-refractivity contribution in [2.24, 2.45) is 35.0 Å². The topological polar surface area (TPSA) is 49.7 Å². The van der Waals surface area contributed by atoms with Gasteiger partial charge in [-0.3, -0.25) is 0 Å². The van der Waals surface area contributed by atoms with Crippen molar-refractivity contribution in [3.8, 4) is 0 Å². The average molecular weight is 391 g/mol. The lowest BCUT2D eigenvalue weighted by molar-refractivity contribution is -0.0206. The van der Waals surface area contributed by atoms with Crippen molar-refractivity contribution in [1.29, 1.82) is 0 Å². The van der Waals surface area contributed by atoms with E-state index in [1.807, 2.05) is 0 Å². The molecule has 0 bridgehead atoms. The molecular weight excluding hydrogens is 348 g/mol. The van der Waals surface area contributed by atoms with Crippen LogP contribution in [0.4, 0.5) is 0 Å². The predicted octanol–water partition coefficient (Wildman–Crippen LogP) is 5.10. The summed E-state index contributed by atoms with van der Waals surface area (Å²) in [5.74, 6) is 4.31. The summed E-state index contributed by atoms with van der Waals surface area (Å²) in [6, 6.07) is 0. The van der Waals surface area contributed by atoms with Crippen molar-refractivity contribution in [2.45, 2.75) is 96.2 Å². The van der Waals surface area contributed by atoms with E-state index < -0.39 is 0 Å². The SMILES string of the molecule is COCCC(O)CCC[C@H]1CCC2C3CC=C4CC(O)CCC4C3CCC21C. The van der Waals surface area contributed by atoms with E-state index in [0.717, 1.165) is 61.7 Å². The number of allylic oxidation sites excluding steroid dienone is 1. The Hall–Kier alpha value is -0.380. The first-order chi connectivity index (χ1) is 13.5. The van der Waals surface area contributed by atoms with Crippen molar-refractivity contribution in [2.75, 3.05) is 13.7 Å². The highest BCUT2D eigenvalue weighted by Gasteiger charge is 2.55. The molecule has 3 nitrogen and oxygen atoms in total. The van der Waals surface area contributed by atoms with Crippen molar-refractivity contribution < 1.29 is 14.9 Å². The Morgan fingerprint density at radius 3 is 2.82 bits per heavy atom.